The highest BCUT2D eigenvalue weighted by molar-refractivity contribution is 5.97. The molecule has 170 valence electrons. The van der Waals surface area contributed by atoms with Crippen molar-refractivity contribution in [2.45, 2.75) is 79.6 Å². The lowest BCUT2D eigenvalue weighted by Gasteiger charge is -2.16. The van der Waals surface area contributed by atoms with Crippen LogP contribution in [-0.4, -0.2) is 29.2 Å². The SMILES string of the molecule is CC(=O)/C(C#N)=C/C(C)(C)C.CCCCC(CCC)c1ccc(F)cc1.OCCO. The first-order chi connectivity index (χ1) is 14.1. The third-order valence-corrected chi connectivity index (χ3v) is 4.06. The summed E-state index contributed by atoms with van der Waals surface area (Å²) in [6.07, 6.45) is 7.84. The highest BCUT2D eigenvalue weighted by Gasteiger charge is 2.11. The van der Waals surface area contributed by atoms with E-state index in [2.05, 4.69) is 13.8 Å². The Labute approximate surface area is 182 Å². The summed E-state index contributed by atoms with van der Waals surface area (Å²) in [5.41, 5.74) is 1.45. The van der Waals surface area contributed by atoms with Crippen LogP contribution in [0.3, 0.4) is 0 Å². The number of aliphatic hydroxyl groups is 2. The minimum atomic E-state index is -0.164. The number of hydrogen-bond acceptors (Lipinski definition) is 4. The Kier molecular flexibility index (Phi) is 17.9. The van der Waals surface area contributed by atoms with Gasteiger partial charge in [-0.3, -0.25) is 4.79 Å². The van der Waals surface area contributed by atoms with Crippen LogP contribution < -0.4 is 0 Å². The van der Waals surface area contributed by atoms with Crippen molar-refractivity contribution in [1.82, 2.24) is 0 Å². The molecule has 30 heavy (non-hydrogen) atoms. The third kappa shape index (κ3) is 16.9. The zero-order valence-electron chi connectivity index (χ0n) is 19.5. The van der Waals surface area contributed by atoms with Crippen LogP contribution in [-0.2, 0) is 4.79 Å². The first-order valence-corrected chi connectivity index (χ1v) is 10.7. The molecule has 0 saturated heterocycles. The van der Waals surface area contributed by atoms with E-state index in [0.717, 1.165) is 0 Å². The topological polar surface area (TPSA) is 81.3 Å². The number of carbonyl (C=O) groups excluding carboxylic acids is 1. The first-order valence-electron chi connectivity index (χ1n) is 10.7. The van der Waals surface area contributed by atoms with Crippen LogP contribution in [0, 0.1) is 22.6 Å². The number of aliphatic hydroxyl groups excluding tert-OH is 2. The fraction of sp³-hybridized carbons (Fsp3) is 0.600. The Bertz CT molecular complexity index is 638. The van der Waals surface area contributed by atoms with Crippen LogP contribution in [0.25, 0.3) is 0 Å². The summed E-state index contributed by atoms with van der Waals surface area (Å²) in [4.78, 5) is 10.8. The van der Waals surface area contributed by atoms with Gasteiger partial charge >= 0.3 is 0 Å². The first kappa shape index (κ1) is 30.2. The van der Waals surface area contributed by atoms with E-state index < -0.39 is 0 Å². The summed E-state index contributed by atoms with van der Waals surface area (Å²) in [5, 5.41) is 23.8. The maximum Gasteiger partial charge on any atom is 0.169 e. The van der Waals surface area contributed by atoms with Crippen molar-refractivity contribution in [3.8, 4) is 6.07 Å². The summed E-state index contributed by atoms with van der Waals surface area (Å²) in [5.74, 6) is 0.322. The lowest BCUT2D eigenvalue weighted by molar-refractivity contribution is -0.113. The summed E-state index contributed by atoms with van der Waals surface area (Å²) in [7, 11) is 0. The average Bonchev–Trinajstić information content (AvgIpc) is 2.70. The minimum Gasteiger partial charge on any atom is -0.394 e. The van der Waals surface area contributed by atoms with E-state index in [1.807, 2.05) is 39.0 Å². The monoisotopic (exact) mass is 421 g/mol. The predicted molar refractivity (Wildman–Crippen MR) is 122 cm³/mol. The number of halogens is 1. The van der Waals surface area contributed by atoms with Gasteiger partial charge in [-0.15, -0.1) is 0 Å². The predicted octanol–water partition coefficient (Wildman–Crippen LogP) is 5.94. The molecule has 1 aromatic rings. The molecule has 0 bridgehead atoms. The molecule has 1 unspecified atom stereocenters. The second kappa shape index (κ2) is 17.8. The van der Waals surface area contributed by atoms with Gasteiger partial charge in [-0.2, -0.15) is 5.26 Å². The van der Waals surface area contributed by atoms with Gasteiger partial charge in [-0.05, 0) is 48.8 Å². The van der Waals surface area contributed by atoms with Gasteiger partial charge in [0.2, 0.25) is 0 Å². The molecule has 0 radical (unpaired) electrons. The van der Waals surface area contributed by atoms with Gasteiger partial charge in [0.25, 0.3) is 0 Å². The van der Waals surface area contributed by atoms with E-state index in [1.165, 1.54) is 44.6 Å². The fourth-order valence-electron chi connectivity index (χ4n) is 2.66. The second-order valence-electron chi connectivity index (χ2n) is 8.22. The summed E-state index contributed by atoms with van der Waals surface area (Å²) < 4.78 is 12.8. The number of benzene rings is 1. The third-order valence-electron chi connectivity index (χ3n) is 4.06. The highest BCUT2D eigenvalue weighted by atomic mass is 19.1. The second-order valence-corrected chi connectivity index (χ2v) is 8.22. The fourth-order valence-corrected chi connectivity index (χ4v) is 2.66. The Morgan fingerprint density at radius 2 is 1.63 bits per heavy atom. The quantitative estimate of drug-likeness (QED) is 0.402. The zero-order chi connectivity index (χ0) is 23.6. The summed E-state index contributed by atoms with van der Waals surface area (Å²) in [6, 6.07) is 8.89. The van der Waals surface area contributed by atoms with E-state index in [1.54, 1.807) is 18.2 Å². The largest absolute Gasteiger partial charge is 0.394 e. The molecule has 0 heterocycles. The van der Waals surface area contributed by atoms with Gasteiger partial charge in [0.1, 0.15) is 11.9 Å². The maximum atomic E-state index is 12.8. The molecule has 0 aliphatic heterocycles. The normalized spacial score (nSPS) is 11.9. The van der Waals surface area contributed by atoms with Crippen molar-refractivity contribution in [2.24, 2.45) is 5.41 Å². The molecule has 5 heteroatoms. The van der Waals surface area contributed by atoms with Crippen LogP contribution in [0.5, 0.6) is 0 Å². The number of hydrogen-bond donors (Lipinski definition) is 2. The number of nitriles is 1. The van der Waals surface area contributed by atoms with Crippen LogP contribution in [0.1, 0.15) is 85.1 Å². The molecule has 0 fully saturated rings. The van der Waals surface area contributed by atoms with E-state index in [9.17, 15) is 9.18 Å². The van der Waals surface area contributed by atoms with Gasteiger partial charge in [-0.1, -0.05) is 72.1 Å². The molecule has 1 rings (SSSR count). The number of rotatable bonds is 8. The molecule has 1 atom stereocenters. The van der Waals surface area contributed by atoms with Crippen molar-refractivity contribution >= 4 is 5.78 Å². The molecule has 0 aromatic heterocycles. The Balaban J connectivity index is 0. The van der Waals surface area contributed by atoms with Crippen molar-refractivity contribution in [2.75, 3.05) is 13.2 Å². The van der Waals surface area contributed by atoms with Crippen LogP contribution in [0.4, 0.5) is 4.39 Å². The molecule has 2 N–H and O–H groups in total. The van der Waals surface area contributed by atoms with Gasteiger partial charge in [0, 0.05) is 0 Å². The lowest BCUT2D eigenvalue weighted by atomic mass is 9.90. The van der Waals surface area contributed by atoms with E-state index in [0.29, 0.717) is 5.92 Å². The summed E-state index contributed by atoms with van der Waals surface area (Å²) in [6.45, 7) is 11.4. The van der Waals surface area contributed by atoms with Gasteiger partial charge in [-0.25, -0.2) is 4.39 Å². The van der Waals surface area contributed by atoms with Crippen LogP contribution >= 0.6 is 0 Å². The highest BCUT2D eigenvalue weighted by Crippen LogP contribution is 2.27. The Morgan fingerprint density at radius 1 is 1.10 bits per heavy atom. The molecule has 0 aliphatic carbocycles. The standard InChI is InChI=1S/C14H21F.C9H13NO.C2H6O2/c1-3-5-7-12(6-4-2)13-8-10-14(15)11-9-13;1-7(11)8(6-10)5-9(2,3)4;3-1-2-4/h8-12H,3-7H2,1-2H3;5H,1-4H3;3-4H,1-2H2/b;8-5+;. The molecule has 4 nitrogen and oxygen atoms in total. The lowest BCUT2D eigenvalue weighted by Crippen LogP contribution is -2.04. The van der Waals surface area contributed by atoms with E-state index >= 15 is 0 Å². The number of ketones is 1. The molecule has 0 saturated carbocycles. The van der Waals surface area contributed by atoms with Crippen molar-refractivity contribution in [3.63, 3.8) is 0 Å². The van der Waals surface area contributed by atoms with Crippen LogP contribution in [0.15, 0.2) is 35.9 Å². The minimum absolute atomic E-state index is 0.100. The Morgan fingerprint density at radius 3 is 1.93 bits per heavy atom. The van der Waals surface area contributed by atoms with Gasteiger partial charge in [0.05, 0.1) is 18.8 Å². The number of unbranched alkanes of at least 4 members (excludes halogenated alkanes) is 1. The van der Waals surface area contributed by atoms with E-state index in [-0.39, 0.29) is 35.8 Å². The number of carbonyl (C=O) groups is 1. The molecular formula is C25H40FNO3. The van der Waals surface area contributed by atoms with Gasteiger partial charge in [0.15, 0.2) is 5.78 Å². The number of nitrogens with zero attached hydrogens (tertiary/aromatic N) is 1. The van der Waals surface area contributed by atoms with Crippen molar-refractivity contribution in [1.29, 1.82) is 5.26 Å². The van der Waals surface area contributed by atoms with Crippen molar-refractivity contribution < 1.29 is 19.4 Å². The average molecular weight is 422 g/mol. The molecule has 1 aromatic carbocycles. The molecule has 0 aliphatic rings. The van der Waals surface area contributed by atoms with Gasteiger partial charge < -0.3 is 10.2 Å². The molecular weight excluding hydrogens is 381 g/mol. The smallest absolute Gasteiger partial charge is 0.169 e. The Hall–Kier alpha value is -2.03. The number of Topliss-reactive ketones (excluding diaryl/α,β-unsaturated/α-hetero) is 1. The maximum absolute atomic E-state index is 12.8. The van der Waals surface area contributed by atoms with Crippen LogP contribution in [0.2, 0.25) is 0 Å². The molecule has 0 spiro atoms. The molecule has 0 amide bonds. The number of allylic oxidation sites excluding steroid dienone is 2. The zero-order valence-corrected chi connectivity index (χ0v) is 19.5. The van der Waals surface area contributed by atoms with E-state index in [4.69, 9.17) is 15.5 Å². The summed E-state index contributed by atoms with van der Waals surface area (Å²) >= 11 is 0. The van der Waals surface area contributed by atoms with Crippen molar-refractivity contribution in [3.05, 3.63) is 47.3 Å².